The fourth-order valence-electron chi connectivity index (χ4n) is 7.90. The first-order chi connectivity index (χ1) is 24.4. The predicted octanol–water partition coefficient (Wildman–Crippen LogP) is 4.73. The van der Waals surface area contributed by atoms with E-state index in [9.17, 15) is 24.3 Å². The number of esters is 1. The van der Waals surface area contributed by atoms with Gasteiger partial charge < -0.3 is 34.4 Å². The molecule has 51 heavy (non-hydrogen) atoms. The van der Waals surface area contributed by atoms with Crippen molar-refractivity contribution in [1.82, 2.24) is 10.2 Å². The van der Waals surface area contributed by atoms with Crippen molar-refractivity contribution in [2.45, 2.75) is 80.8 Å². The lowest BCUT2D eigenvalue weighted by atomic mass is 9.70. The quantitative estimate of drug-likeness (QED) is 0.142. The number of allylic oxidation sites excluding steroid dienone is 1. The zero-order valence-electron chi connectivity index (χ0n) is 29.6. The van der Waals surface area contributed by atoms with Gasteiger partial charge in [-0.3, -0.25) is 19.2 Å². The highest BCUT2D eigenvalue weighted by Crippen LogP contribution is 2.61. The smallest absolute Gasteiger partial charge is 0.313 e. The number of halogens is 1. The van der Waals surface area contributed by atoms with Crippen molar-refractivity contribution in [3.05, 3.63) is 85.5 Å². The molecule has 2 N–H and O–H groups in total. The summed E-state index contributed by atoms with van der Waals surface area (Å²) in [6.07, 6.45) is 2.64. The highest BCUT2D eigenvalue weighted by molar-refractivity contribution is 9.09. The maximum Gasteiger partial charge on any atom is 0.313 e. The van der Waals surface area contributed by atoms with Gasteiger partial charge in [0.05, 0.1) is 43.7 Å². The lowest BCUT2D eigenvalue weighted by Gasteiger charge is -2.40. The molecule has 1 unspecified atom stereocenters. The van der Waals surface area contributed by atoms with E-state index in [0.29, 0.717) is 23.4 Å². The van der Waals surface area contributed by atoms with Crippen LogP contribution in [-0.4, -0.2) is 88.6 Å². The summed E-state index contributed by atoms with van der Waals surface area (Å²) in [5.74, 6) is -3.47. The van der Waals surface area contributed by atoms with Gasteiger partial charge in [-0.2, -0.15) is 0 Å². The van der Waals surface area contributed by atoms with Crippen molar-refractivity contribution in [3.63, 3.8) is 0 Å². The normalized spacial score (nSPS) is 26.6. The van der Waals surface area contributed by atoms with E-state index in [-0.39, 0.29) is 36.0 Å². The Morgan fingerprint density at radius 2 is 1.80 bits per heavy atom. The van der Waals surface area contributed by atoms with Crippen molar-refractivity contribution in [2.24, 2.45) is 17.8 Å². The number of anilines is 1. The SMILES string of the molecule is C=CCCC(=O)N[C@@H](C)[C@H](OC(=O)[C@H]1[C@@H]2O[C@@]3(CC2Br)[C@@H]1C(=O)N([C@@H](CO)C(C)C)[C@@H]3C(=O)N(CC=C)c1ccc(OC)cc1)c1ccccc1. The zero-order chi connectivity index (χ0) is 37.0. The number of methoxy groups -OCH3 is 1. The number of carbonyl (C=O) groups excluding carboxylic acids is 4. The van der Waals surface area contributed by atoms with Crippen molar-refractivity contribution in [3.8, 4) is 5.75 Å². The molecule has 5 rings (SSSR count). The second-order valence-corrected chi connectivity index (χ2v) is 15.0. The summed E-state index contributed by atoms with van der Waals surface area (Å²) in [7, 11) is 1.55. The van der Waals surface area contributed by atoms with Gasteiger partial charge >= 0.3 is 5.97 Å². The van der Waals surface area contributed by atoms with Gasteiger partial charge in [-0.15, -0.1) is 13.2 Å². The van der Waals surface area contributed by atoms with Crippen LogP contribution in [0.3, 0.4) is 0 Å². The van der Waals surface area contributed by atoms with Crippen LogP contribution < -0.4 is 15.0 Å². The summed E-state index contributed by atoms with van der Waals surface area (Å²) in [5, 5.41) is 13.6. The van der Waals surface area contributed by atoms with Gasteiger partial charge in [0.25, 0.3) is 5.91 Å². The summed E-state index contributed by atoms with van der Waals surface area (Å²) < 4.78 is 18.3. The van der Waals surface area contributed by atoms with Crippen LogP contribution in [0.5, 0.6) is 5.75 Å². The van der Waals surface area contributed by atoms with Crippen LogP contribution in [0.1, 0.15) is 51.7 Å². The maximum absolute atomic E-state index is 14.9. The molecule has 3 aliphatic heterocycles. The summed E-state index contributed by atoms with van der Waals surface area (Å²) >= 11 is 3.73. The topological polar surface area (TPSA) is 135 Å². The lowest BCUT2D eigenvalue weighted by molar-refractivity contribution is -0.162. The Hall–Kier alpha value is -4.00. The molecule has 11 nitrogen and oxygen atoms in total. The van der Waals surface area contributed by atoms with E-state index in [1.54, 1.807) is 50.5 Å². The van der Waals surface area contributed by atoms with Gasteiger partial charge in [0.15, 0.2) is 0 Å². The van der Waals surface area contributed by atoms with Crippen LogP contribution in [0.15, 0.2) is 79.9 Å². The first-order valence-electron chi connectivity index (χ1n) is 17.4. The first-order valence-corrected chi connectivity index (χ1v) is 18.3. The van der Waals surface area contributed by atoms with Gasteiger partial charge in [-0.25, -0.2) is 0 Å². The molecule has 0 saturated carbocycles. The number of carbonyl (C=O) groups is 4. The van der Waals surface area contributed by atoms with E-state index in [4.69, 9.17) is 14.2 Å². The number of alkyl halides is 1. The Morgan fingerprint density at radius 1 is 1.12 bits per heavy atom. The second-order valence-electron chi connectivity index (χ2n) is 13.8. The Morgan fingerprint density at radius 3 is 2.39 bits per heavy atom. The van der Waals surface area contributed by atoms with Crippen LogP contribution in [-0.2, 0) is 28.7 Å². The second kappa shape index (κ2) is 16.1. The molecule has 2 bridgehead atoms. The van der Waals surface area contributed by atoms with Gasteiger partial charge in [0.2, 0.25) is 11.8 Å². The number of hydrogen-bond acceptors (Lipinski definition) is 8. The number of ether oxygens (including phenoxy) is 3. The molecule has 3 aliphatic rings. The van der Waals surface area contributed by atoms with Gasteiger partial charge in [-0.1, -0.05) is 72.3 Å². The Labute approximate surface area is 308 Å². The van der Waals surface area contributed by atoms with Gasteiger partial charge in [-0.05, 0) is 55.5 Å². The third kappa shape index (κ3) is 7.23. The summed E-state index contributed by atoms with van der Waals surface area (Å²) in [4.78, 5) is 59.5. The average Bonchev–Trinajstić information content (AvgIpc) is 3.72. The Balaban J connectivity index is 1.54. The first kappa shape index (κ1) is 38.2. The number of aliphatic hydroxyl groups excluding tert-OH is 1. The summed E-state index contributed by atoms with van der Waals surface area (Å²) in [6, 6.07) is 13.6. The standard InChI is InChI=1S/C39H48BrN3O8/c1-7-9-15-30(45)41-24(5)33(25-13-11-10-12-14-25)50-38(48)31-32-36(46)43(29(22-44)23(3)4)35(39(32)21-28(40)34(31)51-39)37(47)42(20-8-2)26-16-18-27(49-6)19-17-26/h7-8,10-14,16-19,23-24,28-29,31-35,44H,1-2,9,15,20-22H2,3-6H3,(H,41,45)/t24-,28?,29-,31+,32-,33-,34+,35+,39-/m0/s1. The number of benzene rings is 2. The van der Waals surface area contributed by atoms with Crippen LogP contribution in [0.4, 0.5) is 5.69 Å². The molecule has 274 valence electrons. The van der Waals surface area contributed by atoms with Gasteiger partial charge in [0, 0.05) is 23.5 Å². The number of fused-ring (bicyclic) bond motifs is 1. The van der Waals surface area contributed by atoms with E-state index in [2.05, 4.69) is 34.4 Å². The molecule has 0 radical (unpaired) electrons. The van der Waals surface area contributed by atoms with Crippen LogP contribution in [0.2, 0.25) is 0 Å². The molecule has 1 spiro atoms. The van der Waals surface area contributed by atoms with E-state index < -0.39 is 72.2 Å². The molecule has 3 saturated heterocycles. The van der Waals surface area contributed by atoms with Crippen LogP contribution in [0, 0.1) is 17.8 Å². The fourth-order valence-corrected chi connectivity index (χ4v) is 8.84. The molecule has 2 aromatic carbocycles. The Kier molecular flexibility index (Phi) is 12.1. The monoisotopic (exact) mass is 765 g/mol. The predicted molar refractivity (Wildman–Crippen MR) is 196 cm³/mol. The molecule has 3 fully saturated rings. The number of aliphatic hydroxyl groups is 1. The minimum Gasteiger partial charge on any atom is -0.497 e. The average molecular weight is 767 g/mol. The number of hydrogen-bond donors (Lipinski definition) is 2. The zero-order valence-corrected chi connectivity index (χ0v) is 31.2. The molecular formula is C39H48BrN3O8. The third-order valence-electron chi connectivity index (χ3n) is 10.3. The van der Waals surface area contributed by atoms with E-state index >= 15 is 0 Å². The molecule has 12 heteroatoms. The number of nitrogens with one attached hydrogen (secondary N) is 1. The molecule has 0 aromatic heterocycles. The lowest BCUT2D eigenvalue weighted by Crippen LogP contribution is -2.60. The minimum absolute atomic E-state index is 0.137. The summed E-state index contributed by atoms with van der Waals surface area (Å²) in [6.45, 7) is 12.8. The molecule has 0 aliphatic carbocycles. The molecular weight excluding hydrogens is 718 g/mol. The molecule has 9 atom stereocenters. The van der Waals surface area contributed by atoms with E-state index in [1.165, 1.54) is 9.80 Å². The molecule has 2 aromatic rings. The van der Waals surface area contributed by atoms with E-state index in [0.717, 1.165) is 0 Å². The van der Waals surface area contributed by atoms with Gasteiger partial charge in [0.1, 0.15) is 23.5 Å². The van der Waals surface area contributed by atoms with Crippen molar-refractivity contribution < 1.29 is 38.5 Å². The maximum atomic E-state index is 14.9. The fraction of sp³-hybridized carbons (Fsp3) is 0.487. The Bertz CT molecular complexity index is 1600. The third-order valence-corrected chi connectivity index (χ3v) is 11.1. The number of nitrogens with zero attached hydrogens (tertiary/aromatic N) is 2. The van der Waals surface area contributed by atoms with E-state index in [1.807, 2.05) is 44.2 Å². The number of rotatable bonds is 16. The van der Waals surface area contributed by atoms with Crippen LogP contribution >= 0.6 is 15.9 Å². The largest absolute Gasteiger partial charge is 0.497 e. The minimum atomic E-state index is -1.39. The van der Waals surface area contributed by atoms with Crippen LogP contribution in [0.25, 0.3) is 0 Å². The number of amides is 3. The van der Waals surface area contributed by atoms with Crippen molar-refractivity contribution >= 4 is 45.3 Å². The summed E-state index contributed by atoms with van der Waals surface area (Å²) in [5.41, 5.74) is -0.159. The molecule has 3 heterocycles. The van der Waals surface area contributed by atoms with Crippen molar-refractivity contribution in [2.75, 3.05) is 25.2 Å². The highest BCUT2D eigenvalue weighted by Gasteiger charge is 2.77. The molecule has 3 amide bonds. The van der Waals surface area contributed by atoms with Crippen molar-refractivity contribution in [1.29, 1.82) is 0 Å². The number of likely N-dealkylation sites (tertiary alicyclic amines) is 1. The highest BCUT2D eigenvalue weighted by atomic mass is 79.9.